The topological polar surface area (TPSA) is 29.1 Å². The molecule has 0 saturated heterocycles. The first-order chi connectivity index (χ1) is 9.11. The third-order valence-corrected chi connectivity index (χ3v) is 5.02. The smallest absolute Gasteiger partial charge is 0.224 e. The average Bonchev–Trinajstić information content (AvgIpc) is 2.96. The zero-order valence-corrected chi connectivity index (χ0v) is 11.9. The molecular weight excluding hydrogens is 234 g/mol. The van der Waals surface area contributed by atoms with Crippen molar-refractivity contribution in [2.75, 3.05) is 0 Å². The molecular formula is C17H23NO. The van der Waals surface area contributed by atoms with Gasteiger partial charge in [-0.2, -0.15) is 0 Å². The van der Waals surface area contributed by atoms with Crippen LogP contribution in [0.4, 0.5) is 0 Å². The molecule has 1 aromatic carbocycles. The molecule has 2 bridgehead atoms. The summed E-state index contributed by atoms with van der Waals surface area (Å²) in [5, 5.41) is 3.25. The molecule has 3 rings (SSSR count). The molecule has 1 N–H and O–H groups in total. The van der Waals surface area contributed by atoms with Crippen LogP contribution in [-0.4, -0.2) is 11.9 Å². The predicted octanol–water partition coefficient (Wildman–Crippen LogP) is 3.15. The fourth-order valence-corrected chi connectivity index (χ4v) is 3.78. The number of hydrogen-bond donors (Lipinski definition) is 1. The summed E-state index contributed by atoms with van der Waals surface area (Å²) < 4.78 is 0. The van der Waals surface area contributed by atoms with E-state index in [9.17, 15) is 4.79 Å². The summed E-state index contributed by atoms with van der Waals surface area (Å²) in [5.74, 6) is 1.84. The molecule has 0 spiro atoms. The van der Waals surface area contributed by atoms with E-state index >= 15 is 0 Å². The Balaban J connectivity index is 1.57. The molecule has 2 aliphatic carbocycles. The summed E-state index contributed by atoms with van der Waals surface area (Å²) >= 11 is 0. The van der Waals surface area contributed by atoms with E-state index in [0.29, 0.717) is 12.5 Å². The maximum absolute atomic E-state index is 12.1. The largest absolute Gasteiger partial charge is 0.353 e. The lowest BCUT2D eigenvalue weighted by Gasteiger charge is -2.23. The molecule has 2 heteroatoms. The molecule has 2 fully saturated rings. The Kier molecular flexibility index (Phi) is 3.34. The van der Waals surface area contributed by atoms with Crippen molar-refractivity contribution in [3.05, 3.63) is 34.9 Å². The molecule has 2 nitrogen and oxygen atoms in total. The van der Waals surface area contributed by atoms with Crippen molar-refractivity contribution in [2.45, 2.75) is 52.0 Å². The van der Waals surface area contributed by atoms with E-state index in [1.165, 1.54) is 36.8 Å². The molecule has 102 valence electrons. The molecule has 0 heterocycles. The Morgan fingerprint density at radius 2 is 2.05 bits per heavy atom. The average molecular weight is 257 g/mol. The van der Waals surface area contributed by atoms with Gasteiger partial charge in [-0.15, -0.1) is 0 Å². The van der Waals surface area contributed by atoms with Crippen molar-refractivity contribution in [3.8, 4) is 0 Å². The molecule has 0 aromatic heterocycles. The van der Waals surface area contributed by atoms with Gasteiger partial charge in [0.05, 0.1) is 6.42 Å². The summed E-state index contributed by atoms with van der Waals surface area (Å²) in [6, 6.07) is 6.77. The number of rotatable bonds is 3. The summed E-state index contributed by atoms with van der Waals surface area (Å²) in [6.07, 6.45) is 5.78. The second-order valence-electron chi connectivity index (χ2n) is 6.44. The van der Waals surface area contributed by atoms with Crippen molar-refractivity contribution in [1.82, 2.24) is 5.32 Å². The van der Waals surface area contributed by atoms with E-state index in [1.54, 1.807) is 0 Å². The Bertz CT molecular complexity index is 494. The zero-order chi connectivity index (χ0) is 13.4. The fourth-order valence-electron chi connectivity index (χ4n) is 3.78. The van der Waals surface area contributed by atoms with Gasteiger partial charge in [0, 0.05) is 6.04 Å². The Morgan fingerprint density at radius 1 is 1.21 bits per heavy atom. The van der Waals surface area contributed by atoms with Gasteiger partial charge in [-0.25, -0.2) is 0 Å². The van der Waals surface area contributed by atoms with Crippen LogP contribution >= 0.6 is 0 Å². The Morgan fingerprint density at radius 3 is 2.68 bits per heavy atom. The van der Waals surface area contributed by atoms with Gasteiger partial charge < -0.3 is 5.32 Å². The number of aryl methyl sites for hydroxylation is 2. The van der Waals surface area contributed by atoms with Crippen molar-refractivity contribution < 1.29 is 4.79 Å². The Hall–Kier alpha value is -1.31. The van der Waals surface area contributed by atoms with Gasteiger partial charge in [0.1, 0.15) is 0 Å². The van der Waals surface area contributed by atoms with Gasteiger partial charge in [-0.1, -0.05) is 24.6 Å². The normalized spacial score (nSPS) is 28.6. The number of fused-ring (bicyclic) bond motifs is 2. The van der Waals surface area contributed by atoms with Crippen LogP contribution < -0.4 is 5.32 Å². The lowest BCUT2D eigenvalue weighted by molar-refractivity contribution is -0.121. The minimum atomic E-state index is 0.195. The van der Waals surface area contributed by atoms with Crippen molar-refractivity contribution in [2.24, 2.45) is 11.8 Å². The quantitative estimate of drug-likeness (QED) is 0.885. The minimum absolute atomic E-state index is 0.195. The van der Waals surface area contributed by atoms with Gasteiger partial charge in [0.2, 0.25) is 5.91 Å². The van der Waals surface area contributed by atoms with Crippen LogP contribution in [0.2, 0.25) is 0 Å². The van der Waals surface area contributed by atoms with Crippen molar-refractivity contribution in [1.29, 1.82) is 0 Å². The summed E-state index contributed by atoms with van der Waals surface area (Å²) in [4.78, 5) is 12.1. The minimum Gasteiger partial charge on any atom is -0.353 e. The highest BCUT2D eigenvalue weighted by Gasteiger charge is 2.39. The molecule has 0 radical (unpaired) electrons. The van der Waals surface area contributed by atoms with E-state index in [-0.39, 0.29) is 5.91 Å². The SMILES string of the molecule is Cc1ccc(CC(=O)NC2CC3CCC2C3)cc1C. The van der Waals surface area contributed by atoms with Gasteiger partial charge in [-0.3, -0.25) is 4.79 Å². The fraction of sp³-hybridized carbons (Fsp3) is 0.588. The number of carbonyl (C=O) groups excluding carboxylic acids is 1. The second-order valence-corrected chi connectivity index (χ2v) is 6.44. The molecule has 2 aliphatic rings. The standard InChI is InChI=1S/C17H23NO/c1-11-3-4-13(7-12(11)2)10-17(19)18-16-9-14-5-6-15(16)8-14/h3-4,7,14-16H,5-6,8-10H2,1-2H3,(H,18,19). The van der Waals surface area contributed by atoms with Gasteiger partial charge in [0.15, 0.2) is 0 Å². The van der Waals surface area contributed by atoms with Crippen molar-refractivity contribution >= 4 is 5.91 Å². The van der Waals surface area contributed by atoms with Crippen LogP contribution in [0, 0.1) is 25.7 Å². The molecule has 3 unspecified atom stereocenters. The molecule has 2 saturated carbocycles. The molecule has 1 aromatic rings. The van der Waals surface area contributed by atoms with Crippen LogP contribution in [0.3, 0.4) is 0 Å². The second kappa shape index (κ2) is 4.99. The lowest BCUT2D eigenvalue weighted by Crippen LogP contribution is -2.39. The predicted molar refractivity (Wildman–Crippen MR) is 77.0 cm³/mol. The van der Waals surface area contributed by atoms with Gasteiger partial charge in [0.25, 0.3) is 0 Å². The first kappa shape index (κ1) is 12.7. The maximum Gasteiger partial charge on any atom is 0.224 e. The summed E-state index contributed by atoms with van der Waals surface area (Å²) in [6.45, 7) is 4.21. The van der Waals surface area contributed by atoms with Crippen LogP contribution in [0.5, 0.6) is 0 Å². The number of benzene rings is 1. The molecule has 0 aliphatic heterocycles. The number of hydrogen-bond acceptors (Lipinski definition) is 1. The first-order valence-corrected chi connectivity index (χ1v) is 7.47. The Labute approximate surface area is 115 Å². The third-order valence-electron chi connectivity index (χ3n) is 5.02. The molecule has 19 heavy (non-hydrogen) atoms. The summed E-state index contributed by atoms with van der Waals surface area (Å²) in [7, 11) is 0. The highest BCUT2D eigenvalue weighted by atomic mass is 16.1. The lowest BCUT2D eigenvalue weighted by atomic mass is 9.95. The van der Waals surface area contributed by atoms with Gasteiger partial charge in [-0.05, 0) is 61.6 Å². The summed E-state index contributed by atoms with van der Waals surface area (Å²) in [5.41, 5.74) is 3.69. The van der Waals surface area contributed by atoms with Crippen LogP contribution in [0.25, 0.3) is 0 Å². The highest BCUT2D eigenvalue weighted by molar-refractivity contribution is 5.79. The van der Waals surface area contributed by atoms with Crippen molar-refractivity contribution in [3.63, 3.8) is 0 Å². The number of amides is 1. The van der Waals surface area contributed by atoms with E-state index in [4.69, 9.17) is 0 Å². The monoisotopic (exact) mass is 257 g/mol. The maximum atomic E-state index is 12.1. The number of nitrogens with one attached hydrogen (secondary N) is 1. The van der Waals surface area contributed by atoms with E-state index in [1.807, 2.05) is 0 Å². The first-order valence-electron chi connectivity index (χ1n) is 7.47. The molecule has 3 atom stereocenters. The zero-order valence-electron chi connectivity index (χ0n) is 11.9. The van der Waals surface area contributed by atoms with Crippen LogP contribution in [-0.2, 0) is 11.2 Å². The molecule has 1 amide bonds. The van der Waals surface area contributed by atoms with Crippen LogP contribution in [0.15, 0.2) is 18.2 Å². The number of carbonyl (C=O) groups is 1. The van der Waals surface area contributed by atoms with E-state index < -0.39 is 0 Å². The third kappa shape index (κ3) is 2.68. The van der Waals surface area contributed by atoms with Gasteiger partial charge >= 0.3 is 0 Å². The highest BCUT2D eigenvalue weighted by Crippen LogP contribution is 2.44. The van der Waals surface area contributed by atoms with E-state index in [0.717, 1.165) is 17.4 Å². The van der Waals surface area contributed by atoms with E-state index in [2.05, 4.69) is 37.4 Å². The van der Waals surface area contributed by atoms with Crippen LogP contribution in [0.1, 0.15) is 42.4 Å².